The molecule has 5 N–H and O–H groups in total. The number of aliphatic hydroxyl groups excluding tert-OH is 1. The van der Waals surface area contributed by atoms with Crippen LogP contribution in [0.2, 0.25) is 0 Å². The highest BCUT2D eigenvalue weighted by Gasteiger charge is 2.23. The predicted octanol–water partition coefficient (Wildman–Crippen LogP) is 0.593. The minimum Gasteiger partial charge on any atom is -0.453 e. The average Bonchev–Trinajstić information content (AvgIpc) is 2.65. The summed E-state index contributed by atoms with van der Waals surface area (Å²) >= 11 is 1.07. The Morgan fingerprint density at radius 1 is 1.17 bits per heavy atom. The van der Waals surface area contributed by atoms with Gasteiger partial charge in [-0.1, -0.05) is 23.9 Å². The second-order valence-electron chi connectivity index (χ2n) is 7.65. The summed E-state index contributed by atoms with van der Waals surface area (Å²) < 4.78 is 5.01. The van der Waals surface area contributed by atoms with Crippen LogP contribution in [0.4, 0.5) is 5.69 Å². The van der Waals surface area contributed by atoms with Gasteiger partial charge in [0.2, 0.25) is 5.91 Å². The molecule has 2 atom stereocenters. The molecule has 0 aliphatic heterocycles. The van der Waals surface area contributed by atoms with E-state index >= 15 is 0 Å². The maximum Gasteiger partial charge on any atom is 0.397 e. The van der Waals surface area contributed by atoms with E-state index < -0.39 is 36.0 Å². The van der Waals surface area contributed by atoms with Gasteiger partial charge in [0, 0.05) is 24.4 Å². The second-order valence-corrected chi connectivity index (χ2v) is 8.85. The number of carbonyl (C=O) groups is 4. The number of hydrogen-bond donors (Lipinski definition) is 4. The molecule has 0 aromatic heterocycles. The van der Waals surface area contributed by atoms with Gasteiger partial charge in [0.1, 0.15) is 11.6 Å². The van der Waals surface area contributed by atoms with E-state index in [1.54, 1.807) is 45.0 Å². The lowest BCUT2D eigenvalue weighted by atomic mass is 10.1. The molecule has 0 saturated heterocycles. The van der Waals surface area contributed by atoms with Crippen LogP contribution in [0, 0.1) is 0 Å². The number of amides is 2. The Kier molecular flexibility index (Phi) is 9.97. The molecular formula is C20H29N3O6S. The number of hydrogen-bond acceptors (Lipinski definition) is 8. The first-order valence-corrected chi connectivity index (χ1v) is 10.3. The predicted molar refractivity (Wildman–Crippen MR) is 115 cm³/mol. The van der Waals surface area contributed by atoms with E-state index in [1.807, 2.05) is 0 Å². The number of aliphatic hydroxyl groups is 1. The van der Waals surface area contributed by atoms with Crippen LogP contribution in [0.3, 0.4) is 0 Å². The van der Waals surface area contributed by atoms with Crippen molar-refractivity contribution < 1.29 is 29.0 Å². The fourth-order valence-corrected chi connectivity index (χ4v) is 2.91. The van der Waals surface area contributed by atoms with Gasteiger partial charge >= 0.3 is 11.9 Å². The van der Waals surface area contributed by atoms with E-state index in [2.05, 4.69) is 10.6 Å². The Bertz CT molecular complexity index is 761. The molecule has 1 aromatic carbocycles. The summed E-state index contributed by atoms with van der Waals surface area (Å²) in [6, 6.07) is 5.27. The van der Waals surface area contributed by atoms with E-state index in [0.29, 0.717) is 17.9 Å². The van der Waals surface area contributed by atoms with Crippen molar-refractivity contribution in [3.05, 3.63) is 29.8 Å². The first-order valence-electron chi connectivity index (χ1n) is 9.34. The Hall–Kier alpha value is -2.43. The van der Waals surface area contributed by atoms with Crippen molar-refractivity contribution in [2.45, 2.75) is 51.8 Å². The minimum absolute atomic E-state index is 0.0825. The van der Waals surface area contributed by atoms with Crippen LogP contribution < -0.4 is 16.4 Å². The summed E-state index contributed by atoms with van der Waals surface area (Å²) in [5, 5.41) is 14.1. The molecule has 1 rings (SSSR count). The summed E-state index contributed by atoms with van der Waals surface area (Å²) in [4.78, 5) is 46.9. The molecule has 0 saturated carbocycles. The fraction of sp³-hybridized carbons (Fsp3) is 0.500. The number of nitrogens with two attached hydrogens (primary N) is 1. The zero-order valence-corrected chi connectivity index (χ0v) is 18.4. The molecule has 10 heteroatoms. The monoisotopic (exact) mass is 439 g/mol. The molecular weight excluding hydrogens is 410 g/mol. The Labute approximate surface area is 180 Å². The van der Waals surface area contributed by atoms with Gasteiger partial charge in [0.15, 0.2) is 5.12 Å². The number of carbonyl (C=O) groups excluding carboxylic acids is 4. The summed E-state index contributed by atoms with van der Waals surface area (Å²) in [5.74, 6) is -2.02. The molecule has 0 spiro atoms. The topological polar surface area (TPSA) is 148 Å². The smallest absolute Gasteiger partial charge is 0.397 e. The third-order valence-electron chi connectivity index (χ3n) is 3.65. The normalized spacial score (nSPS) is 13.1. The van der Waals surface area contributed by atoms with Gasteiger partial charge in [-0.05, 0) is 44.9 Å². The van der Waals surface area contributed by atoms with Crippen molar-refractivity contribution in [2.75, 3.05) is 17.7 Å². The first kappa shape index (κ1) is 25.6. The van der Waals surface area contributed by atoms with Crippen LogP contribution in [-0.2, 0) is 30.3 Å². The Morgan fingerprint density at radius 2 is 1.77 bits per heavy atom. The van der Waals surface area contributed by atoms with E-state index in [1.165, 1.54) is 6.92 Å². The largest absolute Gasteiger partial charge is 0.453 e. The van der Waals surface area contributed by atoms with Crippen LogP contribution in [0.5, 0.6) is 0 Å². The summed E-state index contributed by atoms with van der Waals surface area (Å²) in [7, 11) is 0. The number of ether oxygens (including phenoxy) is 1. The van der Waals surface area contributed by atoms with Gasteiger partial charge < -0.3 is 26.2 Å². The third-order valence-corrected chi connectivity index (χ3v) is 4.62. The number of esters is 1. The number of nitrogens with one attached hydrogen (secondary N) is 2. The van der Waals surface area contributed by atoms with Gasteiger partial charge in [-0.3, -0.25) is 14.4 Å². The Morgan fingerprint density at radius 3 is 2.27 bits per heavy atom. The van der Waals surface area contributed by atoms with Crippen LogP contribution in [0.1, 0.15) is 33.3 Å². The summed E-state index contributed by atoms with van der Waals surface area (Å²) in [5.41, 5.74) is 6.00. The molecule has 1 aromatic rings. The maximum absolute atomic E-state index is 12.0. The van der Waals surface area contributed by atoms with Crippen molar-refractivity contribution in [3.63, 3.8) is 0 Å². The molecule has 166 valence electrons. The SMILES string of the molecule is CC(=O)SC[C@@H](Cc1ccc(NC(=O)C(=O)OC(C)(C)C)cc1)NC(=O)[C@@H](N)CO. The number of thioether (sulfide) groups is 1. The van der Waals surface area contributed by atoms with Gasteiger partial charge in [0.25, 0.3) is 0 Å². The van der Waals surface area contributed by atoms with E-state index in [4.69, 9.17) is 15.6 Å². The third kappa shape index (κ3) is 9.86. The van der Waals surface area contributed by atoms with Crippen molar-refractivity contribution in [3.8, 4) is 0 Å². The highest BCUT2D eigenvalue weighted by Crippen LogP contribution is 2.15. The van der Waals surface area contributed by atoms with Crippen LogP contribution in [-0.4, -0.2) is 58.0 Å². The van der Waals surface area contributed by atoms with E-state index in [0.717, 1.165) is 17.3 Å². The van der Waals surface area contributed by atoms with Crippen LogP contribution >= 0.6 is 11.8 Å². The van der Waals surface area contributed by atoms with Gasteiger partial charge in [-0.15, -0.1) is 0 Å². The van der Waals surface area contributed by atoms with Crippen molar-refractivity contribution in [1.29, 1.82) is 0 Å². The summed E-state index contributed by atoms with van der Waals surface area (Å²) in [6.07, 6.45) is 0.407. The lowest BCUT2D eigenvalue weighted by Crippen LogP contribution is -2.48. The zero-order chi connectivity index (χ0) is 22.9. The molecule has 2 amide bonds. The maximum atomic E-state index is 12.0. The number of rotatable bonds is 8. The van der Waals surface area contributed by atoms with E-state index in [9.17, 15) is 19.2 Å². The average molecular weight is 440 g/mol. The quantitative estimate of drug-likeness (QED) is 0.340. The number of benzene rings is 1. The molecule has 0 fully saturated rings. The second kappa shape index (κ2) is 11.7. The van der Waals surface area contributed by atoms with Crippen molar-refractivity contribution >= 4 is 40.3 Å². The Balaban J connectivity index is 2.75. The molecule has 30 heavy (non-hydrogen) atoms. The molecule has 0 bridgehead atoms. The standard InChI is InChI=1S/C20H29N3O6S/c1-12(25)30-11-15(23-17(26)16(21)10-24)9-13-5-7-14(8-6-13)22-18(27)19(28)29-20(2,3)4/h5-8,15-16,24H,9-11,21H2,1-4H3,(H,22,27)(H,23,26)/t15-,16+/m1/s1. The van der Waals surface area contributed by atoms with E-state index in [-0.39, 0.29) is 11.2 Å². The highest BCUT2D eigenvalue weighted by atomic mass is 32.2. The zero-order valence-electron chi connectivity index (χ0n) is 17.6. The molecule has 0 aliphatic carbocycles. The van der Waals surface area contributed by atoms with Crippen LogP contribution in [0.15, 0.2) is 24.3 Å². The molecule has 0 radical (unpaired) electrons. The molecule has 0 heterocycles. The van der Waals surface area contributed by atoms with Gasteiger partial charge in [0.05, 0.1) is 6.61 Å². The lowest BCUT2D eigenvalue weighted by Gasteiger charge is -2.20. The minimum atomic E-state index is -1.04. The van der Waals surface area contributed by atoms with Gasteiger partial charge in [-0.25, -0.2) is 4.79 Å². The van der Waals surface area contributed by atoms with Gasteiger partial charge in [-0.2, -0.15) is 0 Å². The number of anilines is 1. The lowest BCUT2D eigenvalue weighted by molar-refractivity contribution is -0.161. The highest BCUT2D eigenvalue weighted by molar-refractivity contribution is 8.13. The first-order chi connectivity index (χ1) is 13.9. The van der Waals surface area contributed by atoms with Crippen LogP contribution in [0.25, 0.3) is 0 Å². The molecule has 9 nitrogen and oxygen atoms in total. The van der Waals surface area contributed by atoms with Crippen molar-refractivity contribution in [2.24, 2.45) is 5.73 Å². The summed E-state index contributed by atoms with van der Waals surface area (Å²) in [6.45, 7) is 5.95. The fourth-order valence-electron chi connectivity index (χ4n) is 2.28. The molecule has 0 unspecified atom stereocenters. The molecule has 0 aliphatic rings. The van der Waals surface area contributed by atoms with Crippen molar-refractivity contribution in [1.82, 2.24) is 5.32 Å².